The van der Waals surface area contributed by atoms with Gasteiger partial charge in [-0.2, -0.15) is 0 Å². The number of carbonyl (C=O) groups is 2. The maximum Gasteiger partial charge on any atom is 0.246 e. The van der Waals surface area contributed by atoms with E-state index in [1.54, 1.807) is 19.4 Å². The van der Waals surface area contributed by atoms with Gasteiger partial charge in [-0.1, -0.05) is 0 Å². The summed E-state index contributed by atoms with van der Waals surface area (Å²) in [5.74, 6) is -0.191. The number of rotatable bonds is 3. The molecule has 1 aromatic rings. The lowest BCUT2D eigenvalue weighted by atomic mass is 10.0. The standard InChI is InChI=1S/C15H20N4O2/c1-18-14(20)10-13(15(18)21)17-11-4-8-19(9-5-11)12-2-6-16-7-3-12/h2-3,6-7,11,13,17H,4-5,8-10H2,1H3. The summed E-state index contributed by atoms with van der Waals surface area (Å²) in [7, 11) is 1.55. The molecule has 21 heavy (non-hydrogen) atoms. The summed E-state index contributed by atoms with van der Waals surface area (Å²) < 4.78 is 0. The summed E-state index contributed by atoms with van der Waals surface area (Å²) in [6, 6.07) is 4.00. The zero-order chi connectivity index (χ0) is 14.8. The molecule has 1 N–H and O–H groups in total. The molecule has 0 aliphatic carbocycles. The van der Waals surface area contributed by atoms with Crippen molar-refractivity contribution < 1.29 is 9.59 Å². The molecule has 2 aliphatic rings. The Kier molecular flexibility index (Phi) is 3.88. The number of aromatic nitrogens is 1. The molecule has 2 fully saturated rings. The summed E-state index contributed by atoms with van der Waals surface area (Å²) in [5.41, 5.74) is 1.19. The fraction of sp³-hybridized carbons (Fsp3) is 0.533. The number of pyridine rings is 1. The zero-order valence-electron chi connectivity index (χ0n) is 12.2. The Morgan fingerprint density at radius 1 is 1.19 bits per heavy atom. The SMILES string of the molecule is CN1C(=O)CC(NC2CCN(c3ccncc3)CC2)C1=O. The van der Waals surface area contributed by atoms with E-state index in [-0.39, 0.29) is 17.9 Å². The van der Waals surface area contributed by atoms with Gasteiger partial charge < -0.3 is 10.2 Å². The van der Waals surface area contributed by atoms with E-state index in [1.807, 2.05) is 12.1 Å². The topological polar surface area (TPSA) is 65.5 Å². The Balaban J connectivity index is 1.53. The van der Waals surface area contributed by atoms with Crippen molar-refractivity contribution in [2.24, 2.45) is 0 Å². The van der Waals surface area contributed by atoms with Crippen LogP contribution in [0.4, 0.5) is 5.69 Å². The average Bonchev–Trinajstić information content (AvgIpc) is 2.76. The highest BCUT2D eigenvalue weighted by Crippen LogP contribution is 2.20. The molecule has 0 radical (unpaired) electrons. The molecule has 3 rings (SSSR count). The average molecular weight is 288 g/mol. The number of hydrogen-bond acceptors (Lipinski definition) is 5. The predicted molar refractivity (Wildman–Crippen MR) is 78.8 cm³/mol. The molecule has 0 bridgehead atoms. The van der Waals surface area contributed by atoms with Gasteiger partial charge in [0.25, 0.3) is 0 Å². The summed E-state index contributed by atoms with van der Waals surface area (Å²) in [4.78, 5) is 31.0. The maximum atomic E-state index is 11.9. The van der Waals surface area contributed by atoms with Crippen molar-refractivity contribution in [1.82, 2.24) is 15.2 Å². The van der Waals surface area contributed by atoms with Gasteiger partial charge in [-0.25, -0.2) is 0 Å². The molecule has 112 valence electrons. The predicted octanol–water partition coefficient (Wildman–Crippen LogP) is 0.397. The molecule has 3 heterocycles. The van der Waals surface area contributed by atoms with Crippen LogP contribution in [0.3, 0.4) is 0 Å². The van der Waals surface area contributed by atoms with E-state index in [0.717, 1.165) is 25.9 Å². The summed E-state index contributed by atoms with van der Waals surface area (Å²) in [6.07, 6.45) is 5.85. The number of carbonyl (C=O) groups excluding carboxylic acids is 2. The first-order valence-electron chi connectivity index (χ1n) is 7.36. The second kappa shape index (κ2) is 5.81. The highest BCUT2D eigenvalue weighted by atomic mass is 16.2. The van der Waals surface area contributed by atoms with Gasteiger partial charge in [0.15, 0.2) is 0 Å². The molecular weight excluding hydrogens is 268 g/mol. The van der Waals surface area contributed by atoms with E-state index in [2.05, 4.69) is 15.2 Å². The van der Waals surface area contributed by atoms with E-state index in [4.69, 9.17) is 0 Å². The lowest BCUT2D eigenvalue weighted by molar-refractivity contribution is -0.137. The highest BCUT2D eigenvalue weighted by molar-refractivity contribution is 6.05. The molecule has 1 unspecified atom stereocenters. The first-order chi connectivity index (χ1) is 10.1. The van der Waals surface area contributed by atoms with E-state index >= 15 is 0 Å². The monoisotopic (exact) mass is 288 g/mol. The highest BCUT2D eigenvalue weighted by Gasteiger charge is 2.37. The quantitative estimate of drug-likeness (QED) is 0.816. The van der Waals surface area contributed by atoms with Crippen LogP contribution in [0.15, 0.2) is 24.5 Å². The Hall–Kier alpha value is -1.95. The Labute approximate surface area is 124 Å². The van der Waals surface area contributed by atoms with Crippen LogP contribution >= 0.6 is 0 Å². The molecule has 0 spiro atoms. The molecule has 2 aliphatic heterocycles. The normalized spacial score (nSPS) is 24.0. The minimum absolute atomic E-state index is 0.0910. The van der Waals surface area contributed by atoms with Crippen molar-refractivity contribution in [3.05, 3.63) is 24.5 Å². The van der Waals surface area contributed by atoms with Crippen molar-refractivity contribution in [2.45, 2.75) is 31.3 Å². The molecule has 0 saturated carbocycles. The molecule has 6 heteroatoms. The van der Waals surface area contributed by atoms with E-state index in [1.165, 1.54) is 10.6 Å². The molecule has 2 amide bonds. The second-order valence-electron chi connectivity index (χ2n) is 5.68. The largest absolute Gasteiger partial charge is 0.371 e. The lowest BCUT2D eigenvalue weighted by Crippen LogP contribution is -2.48. The Morgan fingerprint density at radius 3 is 2.43 bits per heavy atom. The molecule has 2 saturated heterocycles. The molecule has 1 aromatic heterocycles. The fourth-order valence-electron chi connectivity index (χ4n) is 3.03. The van der Waals surface area contributed by atoms with Crippen molar-refractivity contribution in [1.29, 1.82) is 0 Å². The molecule has 0 aromatic carbocycles. The van der Waals surface area contributed by atoms with Crippen LogP contribution in [0.25, 0.3) is 0 Å². The number of hydrogen-bond donors (Lipinski definition) is 1. The van der Waals surface area contributed by atoms with Crippen LogP contribution in [0.5, 0.6) is 0 Å². The second-order valence-corrected chi connectivity index (χ2v) is 5.68. The van der Waals surface area contributed by atoms with Crippen LogP contribution in [0.2, 0.25) is 0 Å². The summed E-state index contributed by atoms with van der Waals surface area (Å²) in [6.45, 7) is 1.90. The number of nitrogens with one attached hydrogen (secondary N) is 1. The minimum Gasteiger partial charge on any atom is -0.371 e. The van der Waals surface area contributed by atoms with Gasteiger partial charge in [0, 0.05) is 44.3 Å². The minimum atomic E-state index is -0.333. The smallest absolute Gasteiger partial charge is 0.246 e. The molecule has 6 nitrogen and oxygen atoms in total. The maximum absolute atomic E-state index is 11.9. The number of piperidine rings is 1. The molecule has 1 atom stereocenters. The summed E-state index contributed by atoms with van der Waals surface area (Å²) in [5, 5.41) is 3.35. The number of likely N-dealkylation sites (N-methyl/N-ethyl adjacent to an activating group) is 1. The van der Waals surface area contributed by atoms with Crippen LogP contribution in [-0.2, 0) is 9.59 Å². The van der Waals surface area contributed by atoms with E-state index < -0.39 is 0 Å². The zero-order valence-corrected chi connectivity index (χ0v) is 12.2. The van der Waals surface area contributed by atoms with Gasteiger partial charge in [-0.3, -0.25) is 19.5 Å². The van der Waals surface area contributed by atoms with Crippen LogP contribution in [-0.4, -0.2) is 53.9 Å². The van der Waals surface area contributed by atoms with Crippen molar-refractivity contribution in [3.63, 3.8) is 0 Å². The third kappa shape index (κ3) is 2.90. The van der Waals surface area contributed by atoms with Crippen molar-refractivity contribution in [3.8, 4) is 0 Å². The Bertz CT molecular complexity index is 526. The van der Waals surface area contributed by atoms with Crippen molar-refractivity contribution >= 4 is 17.5 Å². The van der Waals surface area contributed by atoms with E-state index in [9.17, 15) is 9.59 Å². The van der Waals surface area contributed by atoms with Crippen molar-refractivity contribution in [2.75, 3.05) is 25.0 Å². The van der Waals surface area contributed by atoms with Gasteiger partial charge in [-0.05, 0) is 25.0 Å². The van der Waals surface area contributed by atoms with Gasteiger partial charge >= 0.3 is 0 Å². The number of nitrogens with zero attached hydrogens (tertiary/aromatic N) is 3. The van der Waals surface area contributed by atoms with E-state index in [0.29, 0.717) is 12.5 Å². The third-order valence-corrected chi connectivity index (χ3v) is 4.34. The first kappa shape index (κ1) is 14.0. The first-order valence-corrected chi connectivity index (χ1v) is 7.36. The number of likely N-dealkylation sites (tertiary alicyclic amines) is 1. The Morgan fingerprint density at radius 2 is 1.86 bits per heavy atom. The number of anilines is 1. The third-order valence-electron chi connectivity index (χ3n) is 4.34. The van der Waals surface area contributed by atoms with Gasteiger partial charge in [-0.15, -0.1) is 0 Å². The lowest BCUT2D eigenvalue weighted by Gasteiger charge is -2.34. The van der Waals surface area contributed by atoms with Crippen LogP contribution in [0, 0.1) is 0 Å². The number of imide groups is 1. The van der Waals surface area contributed by atoms with Gasteiger partial charge in [0.1, 0.15) is 0 Å². The fourth-order valence-corrected chi connectivity index (χ4v) is 3.03. The van der Waals surface area contributed by atoms with Gasteiger partial charge in [0.2, 0.25) is 11.8 Å². The molecular formula is C15H20N4O2. The van der Waals surface area contributed by atoms with Crippen LogP contribution < -0.4 is 10.2 Å². The van der Waals surface area contributed by atoms with Crippen LogP contribution in [0.1, 0.15) is 19.3 Å². The number of amides is 2. The summed E-state index contributed by atoms with van der Waals surface area (Å²) >= 11 is 0. The van der Waals surface area contributed by atoms with Gasteiger partial charge in [0.05, 0.1) is 12.5 Å².